The second-order valence-corrected chi connectivity index (χ2v) is 7.93. The van der Waals surface area contributed by atoms with Crippen molar-refractivity contribution in [1.82, 2.24) is 9.47 Å². The third-order valence-electron chi connectivity index (χ3n) is 5.79. The molecule has 5 rings (SSSR count). The second-order valence-electron chi connectivity index (χ2n) is 7.93. The molecule has 0 spiro atoms. The molecular formula is C26H21F2N3O. The number of anilines is 1. The zero-order valence-electron chi connectivity index (χ0n) is 17.4. The molecule has 0 bridgehead atoms. The Labute approximate surface area is 184 Å². The molecule has 2 amide bonds. The Morgan fingerprint density at radius 2 is 1.75 bits per heavy atom. The number of urea groups is 1. The van der Waals surface area contributed by atoms with Crippen LogP contribution in [0.25, 0.3) is 5.69 Å². The van der Waals surface area contributed by atoms with Crippen LogP contribution < -0.4 is 5.32 Å². The van der Waals surface area contributed by atoms with Crippen LogP contribution in [0, 0.1) is 18.6 Å². The highest BCUT2D eigenvalue weighted by molar-refractivity contribution is 5.90. The number of benzene rings is 3. The summed E-state index contributed by atoms with van der Waals surface area (Å²) in [5, 5.41) is 2.58. The van der Waals surface area contributed by atoms with Gasteiger partial charge in [-0.15, -0.1) is 0 Å². The van der Waals surface area contributed by atoms with E-state index < -0.39 is 23.7 Å². The van der Waals surface area contributed by atoms with Gasteiger partial charge >= 0.3 is 6.03 Å². The Kier molecular flexibility index (Phi) is 4.98. The highest BCUT2D eigenvalue weighted by Crippen LogP contribution is 2.37. The molecule has 1 atom stereocenters. The maximum atomic E-state index is 14.3. The summed E-state index contributed by atoms with van der Waals surface area (Å²) in [7, 11) is 0. The van der Waals surface area contributed by atoms with Gasteiger partial charge in [-0.05, 0) is 48.4 Å². The molecule has 160 valence electrons. The van der Waals surface area contributed by atoms with E-state index in [2.05, 4.69) is 9.88 Å². The zero-order valence-corrected chi connectivity index (χ0v) is 17.4. The molecule has 32 heavy (non-hydrogen) atoms. The molecule has 1 unspecified atom stereocenters. The van der Waals surface area contributed by atoms with Crippen molar-refractivity contribution >= 4 is 11.7 Å². The fourth-order valence-corrected chi connectivity index (χ4v) is 4.22. The number of aromatic nitrogens is 1. The number of nitrogens with zero attached hydrogens (tertiary/aromatic N) is 2. The summed E-state index contributed by atoms with van der Waals surface area (Å²) in [6.07, 6.45) is 1.98. The topological polar surface area (TPSA) is 37.3 Å². The largest absolute Gasteiger partial charge is 0.323 e. The van der Waals surface area contributed by atoms with Crippen LogP contribution in [-0.2, 0) is 6.54 Å². The number of hydrogen-bond acceptors (Lipinski definition) is 1. The third kappa shape index (κ3) is 3.54. The molecule has 4 nitrogen and oxygen atoms in total. The van der Waals surface area contributed by atoms with Gasteiger partial charge in [-0.3, -0.25) is 0 Å². The average Bonchev–Trinajstić information content (AvgIpc) is 3.21. The summed E-state index contributed by atoms with van der Waals surface area (Å²) in [5.74, 6) is -1.31. The number of fused-ring (bicyclic) bond motifs is 3. The number of amides is 2. The molecule has 3 aromatic carbocycles. The molecule has 0 saturated heterocycles. The van der Waals surface area contributed by atoms with Gasteiger partial charge in [0.15, 0.2) is 0 Å². The van der Waals surface area contributed by atoms with Gasteiger partial charge in [0, 0.05) is 18.0 Å². The summed E-state index contributed by atoms with van der Waals surface area (Å²) in [4.78, 5) is 15.2. The number of carbonyl (C=O) groups is 1. The van der Waals surface area contributed by atoms with E-state index in [9.17, 15) is 13.6 Å². The molecule has 0 aliphatic carbocycles. The van der Waals surface area contributed by atoms with E-state index in [1.165, 1.54) is 0 Å². The van der Waals surface area contributed by atoms with E-state index in [1.807, 2.05) is 73.8 Å². The number of carbonyl (C=O) groups excluding carboxylic acids is 1. The maximum Gasteiger partial charge on any atom is 0.323 e. The van der Waals surface area contributed by atoms with Gasteiger partial charge in [-0.25, -0.2) is 13.6 Å². The zero-order chi connectivity index (χ0) is 22.2. The molecule has 1 N–H and O–H groups in total. The van der Waals surface area contributed by atoms with Gasteiger partial charge in [0.25, 0.3) is 0 Å². The normalized spacial score (nSPS) is 15.0. The van der Waals surface area contributed by atoms with Crippen LogP contribution >= 0.6 is 0 Å². The summed E-state index contributed by atoms with van der Waals surface area (Å²) in [6, 6.07) is 21.9. The first-order chi connectivity index (χ1) is 15.5. The van der Waals surface area contributed by atoms with Crippen molar-refractivity contribution in [2.45, 2.75) is 19.5 Å². The van der Waals surface area contributed by atoms with Crippen LogP contribution in [0.4, 0.5) is 19.3 Å². The lowest BCUT2D eigenvalue weighted by Crippen LogP contribution is -2.38. The van der Waals surface area contributed by atoms with Crippen molar-refractivity contribution in [3.05, 3.63) is 119 Å². The molecule has 0 saturated carbocycles. The Hall–Kier alpha value is -3.93. The van der Waals surface area contributed by atoms with Crippen molar-refractivity contribution in [2.24, 2.45) is 0 Å². The smallest absolute Gasteiger partial charge is 0.318 e. The summed E-state index contributed by atoms with van der Waals surface area (Å²) >= 11 is 0. The van der Waals surface area contributed by atoms with Crippen molar-refractivity contribution in [2.75, 3.05) is 5.32 Å². The minimum absolute atomic E-state index is 0.189. The Morgan fingerprint density at radius 1 is 0.969 bits per heavy atom. The van der Waals surface area contributed by atoms with Gasteiger partial charge in [-0.2, -0.15) is 0 Å². The number of para-hydroxylation sites is 1. The van der Waals surface area contributed by atoms with Crippen LogP contribution in [0.2, 0.25) is 0 Å². The van der Waals surface area contributed by atoms with Gasteiger partial charge in [-0.1, -0.05) is 48.0 Å². The minimum atomic E-state index is -0.690. The van der Waals surface area contributed by atoms with Crippen molar-refractivity contribution in [3.8, 4) is 5.69 Å². The molecule has 1 aliphatic rings. The van der Waals surface area contributed by atoms with Crippen LogP contribution in [-0.4, -0.2) is 15.5 Å². The summed E-state index contributed by atoms with van der Waals surface area (Å²) < 4.78 is 30.0. The molecule has 1 aromatic heterocycles. The van der Waals surface area contributed by atoms with Gasteiger partial charge in [0.1, 0.15) is 11.6 Å². The third-order valence-corrected chi connectivity index (χ3v) is 5.79. The average molecular weight is 429 g/mol. The quantitative estimate of drug-likeness (QED) is 0.405. The fraction of sp³-hybridized carbons (Fsp3) is 0.115. The monoisotopic (exact) mass is 429 g/mol. The van der Waals surface area contributed by atoms with E-state index in [0.717, 1.165) is 46.3 Å². The van der Waals surface area contributed by atoms with Crippen LogP contribution in [0.1, 0.15) is 28.4 Å². The molecule has 2 heterocycles. The lowest BCUT2D eigenvalue weighted by Gasteiger charge is -2.31. The van der Waals surface area contributed by atoms with E-state index in [4.69, 9.17) is 0 Å². The summed E-state index contributed by atoms with van der Waals surface area (Å²) in [6.45, 7) is 2.31. The molecule has 0 fully saturated rings. The fourth-order valence-electron chi connectivity index (χ4n) is 4.22. The number of nitrogens with one attached hydrogen (secondary N) is 1. The summed E-state index contributed by atoms with van der Waals surface area (Å²) in [5.41, 5.74) is 4.70. The SMILES string of the molecule is Cc1ccc(C2c3cccn3-c3ccccc3CN2C(=O)Nc2cc(F)ccc2F)cc1. The number of aryl methyl sites for hydroxylation is 1. The molecule has 0 radical (unpaired) electrons. The van der Waals surface area contributed by atoms with Crippen molar-refractivity contribution in [3.63, 3.8) is 0 Å². The first-order valence-electron chi connectivity index (χ1n) is 10.4. The first-order valence-corrected chi connectivity index (χ1v) is 10.4. The van der Waals surface area contributed by atoms with Gasteiger partial charge in [0.05, 0.1) is 24.0 Å². The van der Waals surface area contributed by atoms with Crippen molar-refractivity contribution in [1.29, 1.82) is 0 Å². The Morgan fingerprint density at radius 3 is 2.56 bits per heavy atom. The van der Waals surface area contributed by atoms with Gasteiger partial charge in [0.2, 0.25) is 0 Å². The molecular weight excluding hydrogens is 408 g/mol. The van der Waals surface area contributed by atoms with Gasteiger partial charge < -0.3 is 14.8 Å². The minimum Gasteiger partial charge on any atom is -0.318 e. The van der Waals surface area contributed by atoms with Crippen LogP contribution in [0.3, 0.4) is 0 Å². The molecule has 1 aliphatic heterocycles. The van der Waals surface area contributed by atoms with E-state index in [-0.39, 0.29) is 5.69 Å². The lowest BCUT2D eigenvalue weighted by molar-refractivity contribution is 0.194. The predicted octanol–water partition coefficient (Wildman–Crippen LogP) is 6.20. The predicted molar refractivity (Wildman–Crippen MR) is 120 cm³/mol. The Balaban J connectivity index is 1.63. The molecule has 6 heteroatoms. The lowest BCUT2D eigenvalue weighted by atomic mass is 10.0. The van der Waals surface area contributed by atoms with E-state index in [0.29, 0.717) is 6.54 Å². The number of rotatable bonds is 2. The molecule has 4 aromatic rings. The first kappa shape index (κ1) is 20.0. The highest BCUT2D eigenvalue weighted by Gasteiger charge is 2.33. The Bertz CT molecular complexity index is 1300. The van der Waals surface area contributed by atoms with Crippen LogP contribution in [0.5, 0.6) is 0 Å². The highest BCUT2D eigenvalue weighted by atomic mass is 19.1. The second kappa shape index (κ2) is 7.96. The standard InChI is InChI=1S/C26H21F2N3O/c1-17-8-10-18(11-9-17)25-24-7-4-14-30(24)23-6-3-2-5-19(23)16-31(25)26(32)29-22-15-20(27)12-13-21(22)28/h2-15,25H,16H2,1H3,(H,29,32). The number of halogens is 2. The maximum absolute atomic E-state index is 14.3. The van der Waals surface area contributed by atoms with Crippen LogP contribution in [0.15, 0.2) is 85.1 Å². The van der Waals surface area contributed by atoms with E-state index >= 15 is 0 Å². The number of hydrogen-bond donors (Lipinski definition) is 1. The van der Waals surface area contributed by atoms with Crippen molar-refractivity contribution < 1.29 is 13.6 Å². The van der Waals surface area contributed by atoms with E-state index in [1.54, 1.807) is 4.90 Å².